The summed E-state index contributed by atoms with van der Waals surface area (Å²) in [6.45, 7) is 6.64. The monoisotopic (exact) mass is 421 g/mol. The molecule has 0 bridgehead atoms. The number of piperidine rings is 1. The lowest BCUT2D eigenvalue weighted by Crippen LogP contribution is -2.48. The van der Waals surface area contributed by atoms with Crippen LogP contribution in [0.3, 0.4) is 0 Å². The Bertz CT molecular complexity index is 1080. The van der Waals surface area contributed by atoms with Gasteiger partial charge in [-0.25, -0.2) is 4.39 Å². The van der Waals surface area contributed by atoms with Gasteiger partial charge in [-0.05, 0) is 88.7 Å². The number of aryl methyl sites for hydroxylation is 1. The van der Waals surface area contributed by atoms with Gasteiger partial charge in [-0.15, -0.1) is 0 Å². The lowest BCUT2D eigenvalue weighted by atomic mass is 9.99. The number of rotatable bonds is 5. The number of carbonyl (C=O) groups is 1. The van der Waals surface area contributed by atoms with Crippen LogP contribution in [0.2, 0.25) is 0 Å². The highest BCUT2D eigenvalue weighted by atomic mass is 19.1. The van der Waals surface area contributed by atoms with Crippen LogP contribution >= 0.6 is 0 Å². The summed E-state index contributed by atoms with van der Waals surface area (Å²) in [5, 5.41) is 1.12. The molecule has 0 saturated carbocycles. The Morgan fingerprint density at radius 2 is 1.84 bits per heavy atom. The highest BCUT2D eigenvalue weighted by Gasteiger charge is 2.28. The predicted octanol–water partition coefficient (Wildman–Crippen LogP) is 5.00. The van der Waals surface area contributed by atoms with Crippen molar-refractivity contribution in [3.8, 4) is 0 Å². The van der Waals surface area contributed by atoms with Crippen molar-refractivity contribution in [3.63, 3.8) is 0 Å². The van der Waals surface area contributed by atoms with Crippen molar-refractivity contribution in [2.75, 3.05) is 27.2 Å². The Kier molecular flexibility index (Phi) is 6.15. The maximum Gasteiger partial charge on any atom is 0.254 e. The van der Waals surface area contributed by atoms with Crippen LogP contribution in [0.25, 0.3) is 10.9 Å². The molecule has 1 aromatic heterocycles. The number of aromatic nitrogens is 1. The molecule has 1 fully saturated rings. The maximum absolute atomic E-state index is 13.4. The molecule has 1 aliphatic heterocycles. The molecule has 1 amide bonds. The second-order valence-electron chi connectivity index (χ2n) is 9.07. The fraction of sp³-hybridized carbons (Fsp3) is 0.423. The molecule has 0 spiro atoms. The van der Waals surface area contributed by atoms with Crippen molar-refractivity contribution < 1.29 is 9.18 Å². The number of halogens is 1. The van der Waals surface area contributed by atoms with E-state index in [1.54, 1.807) is 0 Å². The van der Waals surface area contributed by atoms with Crippen LogP contribution in [0.15, 0.2) is 42.5 Å². The van der Waals surface area contributed by atoms with Gasteiger partial charge in [0.25, 0.3) is 5.91 Å². The Morgan fingerprint density at radius 1 is 1.10 bits per heavy atom. The largest absolute Gasteiger partial charge is 0.340 e. The van der Waals surface area contributed by atoms with Crippen LogP contribution in [0.1, 0.15) is 46.4 Å². The molecular weight excluding hydrogens is 389 g/mol. The zero-order valence-corrected chi connectivity index (χ0v) is 19.0. The summed E-state index contributed by atoms with van der Waals surface area (Å²) in [6.07, 6.45) is 3.33. The van der Waals surface area contributed by atoms with E-state index in [1.165, 1.54) is 29.8 Å². The molecule has 5 heteroatoms. The fourth-order valence-corrected chi connectivity index (χ4v) is 4.80. The summed E-state index contributed by atoms with van der Waals surface area (Å²) in [6, 6.07) is 13.0. The molecule has 164 valence electrons. The van der Waals surface area contributed by atoms with Gasteiger partial charge in [0.1, 0.15) is 5.82 Å². The third-order valence-electron chi connectivity index (χ3n) is 6.60. The van der Waals surface area contributed by atoms with Gasteiger partial charge in [0.2, 0.25) is 0 Å². The van der Waals surface area contributed by atoms with Crippen molar-refractivity contribution in [2.24, 2.45) is 0 Å². The number of carbonyl (C=O) groups excluding carboxylic acids is 1. The number of nitrogens with zero attached hydrogens (tertiary/aromatic N) is 3. The zero-order valence-electron chi connectivity index (χ0n) is 19.0. The van der Waals surface area contributed by atoms with Crippen molar-refractivity contribution in [3.05, 3.63) is 70.7 Å². The average molecular weight is 422 g/mol. The number of benzene rings is 2. The van der Waals surface area contributed by atoms with Gasteiger partial charge in [-0.1, -0.05) is 12.1 Å². The van der Waals surface area contributed by atoms with E-state index >= 15 is 0 Å². The third-order valence-corrected chi connectivity index (χ3v) is 6.60. The quantitative estimate of drug-likeness (QED) is 0.580. The standard InChI is InChI=1S/C26H32FN3O/c1-18-19(2)30(16-20-8-11-22(27)12-9-20)25-13-10-21(15-24(18)25)26(31)29-14-6-5-7-23(29)17-28(3)4/h8-13,15,23H,5-7,14,16-17H2,1-4H3. The minimum atomic E-state index is -0.220. The second-order valence-corrected chi connectivity index (χ2v) is 9.07. The smallest absolute Gasteiger partial charge is 0.254 e. The van der Waals surface area contributed by atoms with Crippen molar-refractivity contribution >= 4 is 16.8 Å². The first-order chi connectivity index (χ1) is 14.8. The van der Waals surface area contributed by atoms with E-state index in [0.29, 0.717) is 6.54 Å². The van der Waals surface area contributed by atoms with E-state index in [2.05, 4.69) is 54.4 Å². The van der Waals surface area contributed by atoms with Gasteiger partial charge in [-0.2, -0.15) is 0 Å². The highest BCUT2D eigenvalue weighted by Crippen LogP contribution is 2.29. The minimum absolute atomic E-state index is 0.136. The maximum atomic E-state index is 13.4. The number of hydrogen-bond acceptors (Lipinski definition) is 2. The summed E-state index contributed by atoms with van der Waals surface area (Å²) in [4.78, 5) is 17.7. The van der Waals surface area contributed by atoms with Gasteiger partial charge >= 0.3 is 0 Å². The number of amides is 1. The molecule has 3 aromatic rings. The molecule has 0 aliphatic carbocycles. The summed E-state index contributed by atoms with van der Waals surface area (Å²) in [5.74, 6) is -0.0840. The summed E-state index contributed by atoms with van der Waals surface area (Å²) in [5.41, 5.74) is 5.29. The van der Waals surface area contributed by atoms with E-state index in [0.717, 1.165) is 48.0 Å². The zero-order chi connectivity index (χ0) is 22.1. The van der Waals surface area contributed by atoms with Gasteiger partial charge in [0, 0.05) is 47.8 Å². The molecule has 0 N–H and O–H groups in total. The van der Waals surface area contributed by atoms with E-state index < -0.39 is 0 Å². The molecule has 0 radical (unpaired) electrons. The second kappa shape index (κ2) is 8.83. The Labute approximate surface area is 184 Å². The molecule has 2 aromatic carbocycles. The SMILES string of the molecule is Cc1c(C)n(Cc2ccc(F)cc2)c2ccc(C(=O)N3CCCCC3CN(C)C)cc12. The van der Waals surface area contributed by atoms with Gasteiger partial charge in [-0.3, -0.25) is 4.79 Å². The van der Waals surface area contributed by atoms with Crippen LogP contribution in [0, 0.1) is 19.7 Å². The average Bonchev–Trinajstić information content (AvgIpc) is 2.99. The summed E-state index contributed by atoms with van der Waals surface area (Å²) >= 11 is 0. The van der Waals surface area contributed by atoms with E-state index in [9.17, 15) is 9.18 Å². The van der Waals surface area contributed by atoms with Crippen LogP contribution < -0.4 is 0 Å². The molecule has 2 heterocycles. The lowest BCUT2D eigenvalue weighted by Gasteiger charge is -2.37. The fourth-order valence-electron chi connectivity index (χ4n) is 4.80. The van der Waals surface area contributed by atoms with Gasteiger partial charge < -0.3 is 14.4 Å². The molecule has 4 nitrogen and oxygen atoms in total. The summed E-state index contributed by atoms with van der Waals surface area (Å²) in [7, 11) is 4.14. The number of likely N-dealkylation sites (tertiary alicyclic amines) is 1. The highest BCUT2D eigenvalue weighted by molar-refractivity contribution is 5.99. The molecular formula is C26H32FN3O. The number of hydrogen-bond donors (Lipinski definition) is 0. The molecule has 1 saturated heterocycles. The lowest BCUT2D eigenvalue weighted by molar-refractivity contribution is 0.0575. The van der Waals surface area contributed by atoms with E-state index in [-0.39, 0.29) is 17.8 Å². The topological polar surface area (TPSA) is 28.5 Å². The molecule has 1 aliphatic rings. The van der Waals surface area contributed by atoms with Crippen LogP contribution in [-0.4, -0.2) is 53.5 Å². The third kappa shape index (κ3) is 4.38. The van der Waals surface area contributed by atoms with E-state index in [4.69, 9.17) is 0 Å². The Balaban J connectivity index is 1.65. The Morgan fingerprint density at radius 3 is 2.55 bits per heavy atom. The van der Waals surface area contributed by atoms with Crippen molar-refractivity contribution in [2.45, 2.75) is 45.7 Å². The summed E-state index contributed by atoms with van der Waals surface area (Å²) < 4.78 is 15.5. The number of likely N-dealkylation sites (N-methyl/N-ethyl adjacent to an activating group) is 1. The first-order valence-electron chi connectivity index (χ1n) is 11.1. The first kappa shape index (κ1) is 21.6. The van der Waals surface area contributed by atoms with Crippen molar-refractivity contribution in [1.82, 2.24) is 14.4 Å². The van der Waals surface area contributed by atoms with Crippen LogP contribution in [0.4, 0.5) is 4.39 Å². The predicted molar refractivity (Wildman–Crippen MR) is 124 cm³/mol. The van der Waals surface area contributed by atoms with Gasteiger partial charge in [0.05, 0.1) is 0 Å². The van der Waals surface area contributed by atoms with Crippen molar-refractivity contribution in [1.29, 1.82) is 0 Å². The molecule has 1 unspecified atom stereocenters. The van der Waals surface area contributed by atoms with Gasteiger partial charge in [0.15, 0.2) is 0 Å². The Hall–Kier alpha value is -2.66. The number of fused-ring (bicyclic) bond motifs is 1. The molecule has 31 heavy (non-hydrogen) atoms. The van der Waals surface area contributed by atoms with E-state index in [1.807, 2.05) is 18.2 Å². The molecule has 4 rings (SSSR count). The van der Waals surface area contributed by atoms with Crippen LogP contribution in [-0.2, 0) is 6.54 Å². The minimum Gasteiger partial charge on any atom is -0.340 e. The normalized spacial score (nSPS) is 17.0. The molecule has 1 atom stereocenters. The first-order valence-corrected chi connectivity index (χ1v) is 11.1. The van der Waals surface area contributed by atoms with Crippen LogP contribution in [0.5, 0.6) is 0 Å².